The number of aryl methyl sites for hydroxylation is 1. The first-order valence-electron chi connectivity index (χ1n) is 8.20. The highest BCUT2D eigenvalue weighted by molar-refractivity contribution is 5.74. The normalized spacial score (nSPS) is 20.1. The second-order valence-electron chi connectivity index (χ2n) is 6.50. The molecular weight excluding hydrogens is 309 g/mol. The Morgan fingerprint density at radius 2 is 2.25 bits per heavy atom. The minimum atomic E-state index is -0.206. The molecule has 0 aliphatic heterocycles. The number of nitrogens with one attached hydrogen (secondary N) is 1. The number of aromatic nitrogens is 1. The van der Waals surface area contributed by atoms with Crippen molar-refractivity contribution < 1.29 is 13.7 Å². The van der Waals surface area contributed by atoms with Crippen molar-refractivity contribution in [2.45, 2.75) is 44.7 Å². The van der Waals surface area contributed by atoms with Gasteiger partial charge in [-0.15, -0.1) is 0 Å². The lowest BCUT2D eigenvalue weighted by Gasteiger charge is -2.20. The van der Waals surface area contributed by atoms with E-state index in [0.717, 1.165) is 36.3 Å². The molecule has 1 aromatic carbocycles. The molecule has 2 unspecified atom stereocenters. The summed E-state index contributed by atoms with van der Waals surface area (Å²) in [6.07, 6.45) is 2.70. The molecule has 0 saturated heterocycles. The summed E-state index contributed by atoms with van der Waals surface area (Å²) in [6.45, 7) is 2.23. The topological polar surface area (TPSA) is 58.4 Å². The van der Waals surface area contributed by atoms with Crippen molar-refractivity contribution in [1.82, 2.24) is 15.4 Å². The largest absolute Gasteiger partial charge is 0.361 e. The highest BCUT2D eigenvalue weighted by Gasteiger charge is 2.28. The Morgan fingerprint density at radius 3 is 2.96 bits per heavy atom. The van der Waals surface area contributed by atoms with E-state index in [-0.39, 0.29) is 17.9 Å². The maximum Gasteiger partial charge on any atom is 0.317 e. The fraction of sp³-hybridized carbons (Fsp3) is 0.444. The van der Waals surface area contributed by atoms with E-state index in [1.807, 2.05) is 19.1 Å². The molecule has 0 bridgehead atoms. The number of nitrogens with zero attached hydrogens (tertiary/aromatic N) is 2. The van der Waals surface area contributed by atoms with E-state index in [1.54, 1.807) is 24.1 Å². The SMILES string of the molecule is Cc1cc(CN(C)C(=O)NC2CCC(c3cccc(F)c3)C2)no1. The van der Waals surface area contributed by atoms with Crippen molar-refractivity contribution in [2.75, 3.05) is 7.05 Å². The molecule has 1 heterocycles. The predicted molar refractivity (Wildman–Crippen MR) is 88.0 cm³/mol. The van der Waals surface area contributed by atoms with Gasteiger partial charge in [-0.2, -0.15) is 0 Å². The highest BCUT2D eigenvalue weighted by Crippen LogP contribution is 2.34. The van der Waals surface area contributed by atoms with E-state index in [2.05, 4.69) is 10.5 Å². The van der Waals surface area contributed by atoms with Crippen LogP contribution >= 0.6 is 0 Å². The number of hydrogen-bond acceptors (Lipinski definition) is 3. The monoisotopic (exact) mass is 331 g/mol. The fourth-order valence-electron chi connectivity index (χ4n) is 3.27. The first-order chi connectivity index (χ1) is 11.5. The van der Waals surface area contributed by atoms with Crippen LogP contribution in [0.3, 0.4) is 0 Å². The average molecular weight is 331 g/mol. The van der Waals surface area contributed by atoms with Crippen LogP contribution in [0.2, 0.25) is 0 Å². The van der Waals surface area contributed by atoms with Gasteiger partial charge in [-0.05, 0) is 49.8 Å². The van der Waals surface area contributed by atoms with E-state index in [4.69, 9.17) is 4.52 Å². The van der Waals surface area contributed by atoms with Crippen LogP contribution in [0.4, 0.5) is 9.18 Å². The van der Waals surface area contributed by atoms with Crippen molar-refractivity contribution >= 4 is 6.03 Å². The van der Waals surface area contributed by atoms with Crippen LogP contribution in [0.15, 0.2) is 34.9 Å². The minimum absolute atomic E-state index is 0.118. The summed E-state index contributed by atoms with van der Waals surface area (Å²) in [7, 11) is 1.73. The molecule has 6 heteroatoms. The maximum absolute atomic E-state index is 13.4. The van der Waals surface area contributed by atoms with Crippen LogP contribution in [0.5, 0.6) is 0 Å². The molecule has 2 amide bonds. The Labute approximate surface area is 140 Å². The van der Waals surface area contributed by atoms with E-state index in [9.17, 15) is 9.18 Å². The number of carbonyl (C=O) groups is 1. The second kappa shape index (κ2) is 7.03. The summed E-state index contributed by atoms with van der Waals surface area (Å²) in [4.78, 5) is 13.9. The molecule has 1 N–H and O–H groups in total. The van der Waals surface area contributed by atoms with Crippen LogP contribution in [0.25, 0.3) is 0 Å². The zero-order chi connectivity index (χ0) is 17.1. The van der Waals surface area contributed by atoms with Crippen LogP contribution in [0, 0.1) is 12.7 Å². The predicted octanol–water partition coefficient (Wildman–Crippen LogP) is 3.60. The lowest BCUT2D eigenvalue weighted by molar-refractivity contribution is 0.201. The molecule has 1 saturated carbocycles. The van der Waals surface area contributed by atoms with Gasteiger partial charge in [0.05, 0.1) is 6.54 Å². The Balaban J connectivity index is 1.52. The Bertz CT molecular complexity index is 716. The third-order valence-electron chi connectivity index (χ3n) is 4.50. The number of carbonyl (C=O) groups excluding carboxylic acids is 1. The number of halogens is 1. The smallest absolute Gasteiger partial charge is 0.317 e. The molecule has 2 atom stereocenters. The van der Waals surface area contributed by atoms with Gasteiger partial charge in [0.2, 0.25) is 0 Å². The second-order valence-corrected chi connectivity index (χ2v) is 6.50. The van der Waals surface area contributed by atoms with E-state index < -0.39 is 0 Å². The molecular formula is C18H22FN3O2. The molecule has 1 fully saturated rings. The van der Waals surface area contributed by atoms with Gasteiger partial charge in [0.25, 0.3) is 0 Å². The van der Waals surface area contributed by atoms with E-state index >= 15 is 0 Å². The van der Waals surface area contributed by atoms with Gasteiger partial charge < -0.3 is 14.7 Å². The van der Waals surface area contributed by atoms with Crippen molar-refractivity contribution in [3.8, 4) is 0 Å². The van der Waals surface area contributed by atoms with Gasteiger partial charge in [-0.25, -0.2) is 9.18 Å². The van der Waals surface area contributed by atoms with Crippen LogP contribution in [-0.4, -0.2) is 29.2 Å². The first-order valence-corrected chi connectivity index (χ1v) is 8.20. The van der Waals surface area contributed by atoms with Gasteiger partial charge >= 0.3 is 6.03 Å². The average Bonchev–Trinajstić information content (AvgIpc) is 3.16. The molecule has 5 nitrogen and oxygen atoms in total. The van der Waals surface area contributed by atoms with E-state index in [1.165, 1.54) is 6.07 Å². The Morgan fingerprint density at radius 1 is 1.42 bits per heavy atom. The molecule has 128 valence electrons. The number of benzene rings is 1. The molecule has 0 spiro atoms. The lowest BCUT2D eigenvalue weighted by atomic mass is 9.97. The molecule has 24 heavy (non-hydrogen) atoms. The van der Waals surface area contributed by atoms with Gasteiger partial charge in [0.15, 0.2) is 0 Å². The summed E-state index contributed by atoms with van der Waals surface area (Å²) < 4.78 is 18.4. The highest BCUT2D eigenvalue weighted by atomic mass is 19.1. The van der Waals surface area contributed by atoms with Crippen molar-refractivity contribution in [2.24, 2.45) is 0 Å². The number of urea groups is 1. The minimum Gasteiger partial charge on any atom is -0.361 e. The first kappa shape index (κ1) is 16.5. The molecule has 0 radical (unpaired) electrons. The summed E-state index contributed by atoms with van der Waals surface area (Å²) >= 11 is 0. The van der Waals surface area contributed by atoms with Crippen molar-refractivity contribution in [3.63, 3.8) is 0 Å². The van der Waals surface area contributed by atoms with E-state index in [0.29, 0.717) is 12.5 Å². The van der Waals surface area contributed by atoms with Gasteiger partial charge in [-0.1, -0.05) is 17.3 Å². The van der Waals surface area contributed by atoms with Crippen molar-refractivity contribution in [3.05, 3.63) is 53.2 Å². The summed E-state index contributed by atoms with van der Waals surface area (Å²) in [5.74, 6) is 0.824. The fourth-order valence-corrected chi connectivity index (χ4v) is 3.27. The van der Waals surface area contributed by atoms with Crippen LogP contribution < -0.4 is 5.32 Å². The molecule has 3 rings (SSSR count). The molecule has 1 aliphatic carbocycles. The third-order valence-corrected chi connectivity index (χ3v) is 4.50. The Kier molecular flexibility index (Phi) is 4.83. The van der Waals surface area contributed by atoms with Gasteiger partial charge in [0.1, 0.15) is 17.3 Å². The third kappa shape index (κ3) is 3.93. The standard InChI is InChI=1S/C18H22FN3O2/c1-12-8-17(21-24-12)11-22(2)18(23)20-16-7-6-14(10-16)13-4-3-5-15(19)9-13/h3-5,8-9,14,16H,6-7,10-11H2,1-2H3,(H,20,23). The summed E-state index contributed by atoms with van der Waals surface area (Å²) in [5, 5.41) is 6.95. The quantitative estimate of drug-likeness (QED) is 0.931. The summed E-state index contributed by atoms with van der Waals surface area (Å²) in [5.41, 5.74) is 1.74. The summed E-state index contributed by atoms with van der Waals surface area (Å²) in [6, 6.07) is 8.56. The zero-order valence-corrected chi connectivity index (χ0v) is 14.0. The zero-order valence-electron chi connectivity index (χ0n) is 14.0. The number of hydrogen-bond donors (Lipinski definition) is 1. The van der Waals surface area contributed by atoms with Gasteiger partial charge in [-0.3, -0.25) is 0 Å². The number of rotatable bonds is 4. The molecule has 1 aliphatic rings. The maximum atomic E-state index is 13.4. The molecule has 2 aromatic rings. The lowest BCUT2D eigenvalue weighted by Crippen LogP contribution is -2.41. The van der Waals surface area contributed by atoms with Crippen LogP contribution in [-0.2, 0) is 6.54 Å². The Hall–Kier alpha value is -2.37. The molecule has 1 aromatic heterocycles. The van der Waals surface area contributed by atoms with Crippen molar-refractivity contribution in [1.29, 1.82) is 0 Å². The number of amides is 2. The van der Waals surface area contributed by atoms with Gasteiger partial charge in [0, 0.05) is 19.2 Å². The van der Waals surface area contributed by atoms with Crippen LogP contribution in [0.1, 0.15) is 42.2 Å².